The number of nitrogens with one attached hydrogen (secondary N) is 2. The van der Waals surface area contributed by atoms with Crippen molar-refractivity contribution in [3.05, 3.63) is 0 Å². The van der Waals surface area contributed by atoms with Crippen molar-refractivity contribution in [2.75, 3.05) is 19.7 Å². The van der Waals surface area contributed by atoms with Gasteiger partial charge in [-0.05, 0) is 26.2 Å². The van der Waals surface area contributed by atoms with E-state index >= 15 is 0 Å². The van der Waals surface area contributed by atoms with Crippen LogP contribution in [0.4, 0.5) is 0 Å². The Hall–Kier alpha value is -0.650. The molecule has 88 valence electrons. The van der Waals surface area contributed by atoms with Crippen molar-refractivity contribution < 1.29 is 15.0 Å². The SMILES string of the molecule is CC(O)(CO)CNC1CCCCNC1=O. The van der Waals surface area contributed by atoms with Gasteiger partial charge in [0.15, 0.2) is 0 Å². The van der Waals surface area contributed by atoms with E-state index in [-0.39, 0.29) is 25.1 Å². The van der Waals surface area contributed by atoms with Gasteiger partial charge in [0.25, 0.3) is 0 Å². The first kappa shape index (κ1) is 12.4. The highest BCUT2D eigenvalue weighted by molar-refractivity contribution is 5.81. The molecule has 5 heteroatoms. The maximum atomic E-state index is 11.5. The topological polar surface area (TPSA) is 81.6 Å². The molecule has 4 N–H and O–H groups in total. The van der Waals surface area contributed by atoms with E-state index in [1.165, 1.54) is 6.92 Å². The quantitative estimate of drug-likeness (QED) is 0.485. The minimum atomic E-state index is -1.16. The van der Waals surface area contributed by atoms with Crippen molar-refractivity contribution in [3.63, 3.8) is 0 Å². The first-order chi connectivity index (χ1) is 7.05. The third kappa shape index (κ3) is 4.15. The van der Waals surface area contributed by atoms with Gasteiger partial charge < -0.3 is 20.8 Å². The van der Waals surface area contributed by atoms with Gasteiger partial charge in [0, 0.05) is 13.1 Å². The molecule has 0 radical (unpaired) electrons. The maximum absolute atomic E-state index is 11.5. The fraction of sp³-hybridized carbons (Fsp3) is 0.900. The zero-order valence-electron chi connectivity index (χ0n) is 9.12. The second kappa shape index (κ2) is 5.44. The van der Waals surface area contributed by atoms with Crippen LogP contribution in [0.25, 0.3) is 0 Å². The number of hydrogen-bond donors (Lipinski definition) is 4. The van der Waals surface area contributed by atoms with Gasteiger partial charge in [0.1, 0.15) is 0 Å². The molecule has 5 nitrogen and oxygen atoms in total. The van der Waals surface area contributed by atoms with E-state index in [9.17, 15) is 9.90 Å². The summed E-state index contributed by atoms with van der Waals surface area (Å²) in [6.07, 6.45) is 2.78. The van der Waals surface area contributed by atoms with Crippen molar-refractivity contribution >= 4 is 5.91 Å². The Balaban J connectivity index is 2.39. The van der Waals surface area contributed by atoms with Gasteiger partial charge >= 0.3 is 0 Å². The van der Waals surface area contributed by atoms with Crippen molar-refractivity contribution in [2.24, 2.45) is 0 Å². The second-order valence-corrected chi connectivity index (χ2v) is 4.38. The summed E-state index contributed by atoms with van der Waals surface area (Å²) in [5, 5.41) is 24.2. The Morgan fingerprint density at radius 1 is 1.60 bits per heavy atom. The molecular weight excluding hydrogens is 196 g/mol. The molecule has 1 rings (SSSR count). The average Bonchev–Trinajstić information content (AvgIpc) is 2.40. The minimum absolute atomic E-state index is 0.0127. The lowest BCUT2D eigenvalue weighted by atomic mass is 10.1. The molecule has 0 aliphatic carbocycles. The Morgan fingerprint density at radius 3 is 3.00 bits per heavy atom. The lowest BCUT2D eigenvalue weighted by molar-refractivity contribution is -0.123. The van der Waals surface area contributed by atoms with Crippen molar-refractivity contribution in [1.29, 1.82) is 0 Å². The van der Waals surface area contributed by atoms with Gasteiger partial charge in [-0.3, -0.25) is 4.79 Å². The van der Waals surface area contributed by atoms with Crippen molar-refractivity contribution in [2.45, 2.75) is 37.8 Å². The number of carbonyl (C=O) groups excluding carboxylic acids is 1. The van der Waals surface area contributed by atoms with E-state index < -0.39 is 5.60 Å². The predicted octanol–water partition coefficient (Wildman–Crippen LogP) is -1.01. The predicted molar refractivity (Wildman–Crippen MR) is 56.4 cm³/mol. The molecule has 2 unspecified atom stereocenters. The zero-order chi connectivity index (χ0) is 11.3. The van der Waals surface area contributed by atoms with E-state index in [2.05, 4.69) is 10.6 Å². The molecule has 1 aliphatic rings. The van der Waals surface area contributed by atoms with E-state index in [0.29, 0.717) is 0 Å². The fourth-order valence-corrected chi connectivity index (χ4v) is 1.53. The van der Waals surface area contributed by atoms with E-state index in [1.54, 1.807) is 0 Å². The summed E-state index contributed by atoms with van der Waals surface area (Å²) in [7, 11) is 0. The smallest absolute Gasteiger partial charge is 0.237 e. The van der Waals surface area contributed by atoms with Crippen LogP contribution in [0.3, 0.4) is 0 Å². The molecule has 0 aromatic rings. The Morgan fingerprint density at radius 2 is 2.33 bits per heavy atom. The highest BCUT2D eigenvalue weighted by Crippen LogP contribution is 2.07. The van der Waals surface area contributed by atoms with Crippen molar-refractivity contribution in [3.8, 4) is 0 Å². The van der Waals surface area contributed by atoms with Crippen LogP contribution >= 0.6 is 0 Å². The van der Waals surface area contributed by atoms with Gasteiger partial charge in [-0.25, -0.2) is 0 Å². The summed E-state index contributed by atoms with van der Waals surface area (Å²) < 4.78 is 0. The third-order valence-electron chi connectivity index (χ3n) is 2.61. The minimum Gasteiger partial charge on any atom is -0.393 e. The van der Waals surface area contributed by atoms with Crippen LogP contribution in [0.15, 0.2) is 0 Å². The van der Waals surface area contributed by atoms with E-state index in [4.69, 9.17) is 5.11 Å². The van der Waals surface area contributed by atoms with Crippen molar-refractivity contribution in [1.82, 2.24) is 10.6 Å². The zero-order valence-corrected chi connectivity index (χ0v) is 9.12. The summed E-state index contributed by atoms with van der Waals surface area (Å²) in [5.74, 6) is -0.0127. The number of rotatable bonds is 4. The molecule has 1 aliphatic heterocycles. The lowest BCUT2D eigenvalue weighted by Gasteiger charge is -2.24. The van der Waals surface area contributed by atoms with E-state index in [1.807, 2.05) is 0 Å². The van der Waals surface area contributed by atoms with Gasteiger partial charge in [-0.1, -0.05) is 0 Å². The molecule has 15 heavy (non-hydrogen) atoms. The summed E-state index contributed by atoms with van der Waals surface area (Å²) in [5.41, 5.74) is -1.16. The molecule has 1 saturated heterocycles. The summed E-state index contributed by atoms with van der Waals surface area (Å²) in [6.45, 7) is 2.18. The monoisotopic (exact) mass is 216 g/mol. The first-order valence-corrected chi connectivity index (χ1v) is 5.39. The molecule has 1 fully saturated rings. The molecular formula is C10H20N2O3. The first-order valence-electron chi connectivity index (χ1n) is 5.39. The fourth-order valence-electron chi connectivity index (χ4n) is 1.53. The van der Waals surface area contributed by atoms with Gasteiger partial charge in [-0.2, -0.15) is 0 Å². The maximum Gasteiger partial charge on any atom is 0.237 e. The number of hydrogen-bond acceptors (Lipinski definition) is 4. The molecule has 1 heterocycles. The number of aliphatic hydroxyl groups excluding tert-OH is 1. The largest absolute Gasteiger partial charge is 0.393 e. The summed E-state index contributed by atoms with van der Waals surface area (Å²) in [6, 6.07) is -0.245. The van der Waals surface area contributed by atoms with Gasteiger partial charge in [0.2, 0.25) is 5.91 Å². The molecule has 0 aromatic heterocycles. The van der Waals surface area contributed by atoms with Gasteiger partial charge in [-0.15, -0.1) is 0 Å². The van der Waals surface area contributed by atoms with Crippen LogP contribution in [0, 0.1) is 0 Å². The molecule has 0 bridgehead atoms. The Bertz CT molecular complexity index is 219. The Kier molecular flexibility index (Phi) is 4.50. The highest BCUT2D eigenvalue weighted by Gasteiger charge is 2.24. The number of aliphatic hydroxyl groups is 2. The Labute approximate surface area is 89.9 Å². The van der Waals surface area contributed by atoms with Crippen LogP contribution in [0.5, 0.6) is 0 Å². The van der Waals surface area contributed by atoms with Crippen LogP contribution < -0.4 is 10.6 Å². The number of amides is 1. The van der Waals surface area contributed by atoms with Gasteiger partial charge in [0.05, 0.1) is 18.2 Å². The normalized spacial score (nSPS) is 26.6. The molecule has 1 amide bonds. The lowest BCUT2D eigenvalue weighted by Crippen LogP contribution is -2.49. The molecule has 0 saturated carbocycles. The van der Waals surface area contributed by atoms with E-state index in [0.717, 1.165) is 25.8 Å². The van der Waals surface area contributed by atoms with Crippen LogP contribution in [0.1, 0.15) is 26.2 Å². The summed E-state index contributed by atoms with van der Waals surface area (Å²) >= 11 is 0. The number of carbonyl (C=O) groups is 1. The van der Waals surface area contributed by atoms with Crippen LogP contribution in [-0.4, -0.2) is 47.5 Å². The molecule has 0 aromatic carbocycles. The third-order valence-corrected chi connectivity index (χ3v) is 2.61. The molecule has 2 atom stereocenters. The van der Waals surface area contributed by atoms with Crippen LogP contribution in [-0.2, 0) is 4.79 Å². The van der Waals surface area contributed by atoms with Crippen LogP contribution in [0.2, 0.25) is 0 Å². The molecule has 0 spiro atoms. The highest BCUT2D eigenvalue weighted by atomic mass is 16.3. The summed E-state index contributed by atoms with van der Waals surface area (Å²) in [4.78, 5) is 11.5. The standard InChI is InChI=1S/C10H20N2O3/c1-10(15,7-13)6-12-8-4-2-3-5-11-9(8)14/h8,12-13,15H,2-7H2,1H3,(H,11,14). The average molecular weight is 216 g/mol. The second-order valence-electron chi connectivity index (χ2n) is 4.38.